The Labute approximate surface area is 116 Å². The second-order valence-corrected chi connectivity index (χ2v) is 5.74. The van der Waals surface area contributed by atoms with E-state index in [1.54, 1.807) is 6.07 Å². The van der Waals surface area contributed by atoms with Gasteiger partial charge in [-0.2, -0.15) is 0 Å². The van der Waals surface area contributed by atoms with Crippen LogP contribution in [0.3, 0.4) is 0 Å². The Morgan fingerprint density at radius 3 is 2.53 bits per heavy atom. The monoisotopic (exact) mass is 301 g/mol. The average molecular weight is 302 g/mol. The summed E-state index contributed by atoms with van der Waals surface area (Å²) >= 11 is 5.93. The number of hydrogen-bond donors (Lipinski definition) is 1. The molecule has 0 aliphatic heterocycles. The van der Waals surface area contributed by atoms with Crippen molar-refractivity contribution in [3.8, 4) is 0 Å². The summed E-state index contributed by atoms with van der Waals surface area (Å²) in [4.78, 5) is 0.375. The predicted molar refractivity (Wildman–Crippen MR) is 72.3 cm³/mol. The van der Waals surface area contributed by atoms with Gasteiger partial charge in [0, 0.05) is 17.3 Å². The van der Waals surface area contributed by atoms with E-state index in [0.717, 1.165) is 12.1 Å². The molecule has 0 aliphatic carbocycles. The fraction of sp³-hybridized carbons (Fsp3) is 0.0769. The molecule has 0 saturated carbocycles. The molecule has 19 heavy (non-hydrogen) atoms. The Kier molecular flexibility index (Phi) is 4.17. The van der Waals surface area contributed by atoms with E-state index >= 15 is 0 Å². The molecule has 2 aromatic carbocycles. The zero-order chi connectivity index (χ0) is 14.0. The Morgan fingerprint density at radius 2 is 1.89 bits per heavy atom. The molecule has 0 heterocycles. The third-order valence-corrected chi connectivity index (χ3v) is 4.35. The fourth-order valence-corrected chi connectivity index (χ4v) is 3.17. The molecule has 0 spiro atoms. The van der Waals surface area contributed by atoms with Crippen LogP contribution in [0.5, 0.6) is 0 Å². The molecule has 100 valence electrons. The lowest BCUT2D eigenvalue weighted by molar-refractivity contribution is 0.576. The summed E-state index contributed by atoms with van der Waals surface area (Å²) in [6, 6.07) is 7.75. The van der Waals surface area contributed by atoms with Crippen molar-refractivity contribution in [1.29, 1.82) is 0 Å². The lowest BCUT2D eigenvalue weighted by atomic mass is 10.2. The van der Waals surface area contributed by atoms with Gasteiger partial charge in [-0.25, -0.2) is 8.78 Å². The smallest absolute Gasteiger partial charge is 0.130 e. The van der Waals surface area contributed by atoms with Gasteiger partial charge in [-0.3, -0.25) is 4.21 Å². The van der Waals surface area contributed by atoms with Crippen molar-refractivity contribution in [3.05, 3.63) is 58.6 Å². The molecule has 2 N–H and O–H groups in total. The summed E-state index contributed by atoms with van der Waals surface area (Å²) in [6.07, 6.45) is 0. The highest BCUT2D eigenvalue weighted by molar-refractivity contribution is 7.84. The van der Waals surface area contributed by atoms with Gasteiger partial charge in [0.1, 0.15) is 11.6 Å². The van der Waals surface area contributed by atoms with E-state index in [4.69, 9.17) is 17.3 Å². The van der Waals surface area contributed by atoms with Gasteiger partial charge >= 0.3 is 0 Å². The standard InChI is InChI=1S/C13H10ClF2NOS/c14-11-6-10(17)3-4-13(11)19(18)7-8-1-2-9(15)5-12(8)16/h1-6H,7,17H2. The van der Waals surface area contributed by atoms with Crippen molar-refractivity contribution in [2.75, 3.05) is 5.73 Å². The van der Waals surface area contributed by atoms with E-state index < -0.39 is 22.4 Å². The molecule has 6 heteroatoms. The van der Waals surface area contributed by atoms with E-state index in [0.29, 0.717) is 10.6 Å². The van der Waals surface area contributed by atoms with E-state index in [2.05, 4.69) is 0 Å². The van der Waals surface area contributed by atoms with Crippen LogP contribution in [0.15, 0.2) is 41.3 Å². The molecule has 1 unspecified atom stereocenters. The van der Waals surface area contributed by atoms with Crippen LogP contribution in [0.4, 0.5) is 14.5 Å². The molecule has 0 amide bonds. The first-order valence-electron chi connectivity index (χ1n) is 5.34. The molecule has 0 bridgehead atoms. The van der Waals surface area contributed by atoms with E-state index in [-0.39, 0.29) is 16.3 Å². The van der Waals surface area contributed by atoms with Gasteiger partial charge in [0.2, 0.25) is 0 Å². The molecule has 0 saturated heterocycles. The van der Waals surface area contributed by atoms with E-state index in [1.165, 1.54) is 18.2 Å². The summed E-state index contributed by atoms with van der Waals surface area (Å²) in [5, 5.41) is 0.265. The van der Waals surface area contributed by atoms with Gasteiger partial charge in [-0.1, -0.05) is 17.7 Å². The SMILES string of the molecule is Nc1ccc(S(=O)Cc2ccc(F)cc2F)c(Cl)c1. The van der Waals surface area contributed by atoms with Crippen molar-refractivity contribution in [2.24, 2.45) is 0 Å². The maximum atomic E-state index is 13.5. The second kappa shape index (κ2) is 5.67. The van der Waals surface area contributed by atoms with Crippen molar-refractivity contribution >= 4 is 28.1 Å². The molecule has 0 fully saturated rings. The van der Waals surface area contributed by atoms with Crippen LogP contribution < -0.4 is 5.73 Å². The Hall–Kier alpha value is -1.46. The van der Waals surface area contributed by atoms with E-state index in [9.17, 15) is 13.0 Å². The minimum absolute atomic E-state index is 0.0737. The van der Waals surface area contributed by atoms with Crippen molar-refractivity contribution in [1.82, 2.24) is 0 Å². The molecule has 0 aliphatic rings. The zero-order valence-electron chi connectivity index (χ0n) is 9.70. The number of anilines is 1. The highest BCUT2D eigenvalue weighted by Gasteiger charge is 2.12. The first-order chi connectivity index (χ1) is 8.97. The molecular formula is C13H10ClF2NOS. The molecule has 1 atom stereocenters. The van der Waals surface area contributed by atoms with Crippen molar-refractivity contribution < 1.29 is 13.0 Å². The minimum Gasteiger partial charge on any atom is -0.399 e. The van der Waals surface area contributed by atoms with Gasteiger partial charge in [0.15, 0.2) is 0 Å². The van der Waals surface area contributed by atoms with Gasteiger partial charge in [0.05, 0.1) is 26.5 Å². The van der Waals surface area contributed by atoms with Crippen LogP contribution in [0.25, 0.3) is 0 Å². The predicted octanol–water partition coefficient (Wildman–Crippen LogP) is 3.51. The number of benzene rings is 2. The molecular weight excluding hydrogens is 292 g/mol. The first kappa shape index (κ1) is 14.0. The first-order valence-corrected chi connectivity index (χ1v) is 7.04. The number of halogens is 3. The summed E-state index contributed by atoms with van der Waals surface area (Å²) in [5.41, 5.74) is 6.17. The van der Waals surface area contributed by atoms with Crippen LogP contribution in [0.1, 0.15) is 5.56 Å². The van der Waals surface area contributed by atoms with Crippen molar-refractivity contribution in [3.63, 3.8) is 0 Å². The Bertz CT molecular complexity index is 649. The number of nitrogens with two attached hydrogens (primary N) is 1. The van der Waals surface area contributed by atoms with Crippen LogP contribution in [0, 0.1) is 11.6 Å². The highest BCUT2D eigenvalue weighted by atomic mass is 35.5. The third kappa shape index (κ3) is 3.30. The lowest BCUT2D eigenvalue weighted by Crippen LogP contribution is -2.00. The van der Waals surface area contributed by atoms with Gasteiger partial charge < -0.3 is 5.73 Å². The molecule has 2 nitrogen and oxygen atoms in total. The highest BCUT2D eigenvalue weighted by Crippen LogP contribution is 2.24. The maximum Gasteiger partial charge on any atom is 0.130 e. The fourth-order valence-electron chi connectivity index (χ4n) is 1.56. The summed E-state index contributed by atoms with van der Waals surface area (Å²) in [7, 11) is -1.52. The quantitative estimate of drug-likeness (QED) is 0.882. The normalized spacial score (nSPS) is 12.4. The Morgan fingerprint density at radius 1 is 1.16 bits per heavy atom. The maximum absolute atomic E-state index is 13.5. The Balaban J connectivity index is 2.25. The van der Waals surface area contributed by atoms with Gasteiger partial charge in [-0.05, 0) is 24.3 Å². The zero-order valence-corrected chi connectivity index (χ0v) is 11.3. The van der Waals surface area contributed by atoms with E-state index in [1.807, 2.05) is 0 Å². The number of hydrogen-bond acceptors (Lipinski definition) is 2. The van der Waals surface area contributed by atoms with Crippen LogP contribution in [-0.4, -0.2) is 4.21 Å². The molecule has 2 aromatic rings. The summed E-state index contributed by atoms with van der Waals surface area (Å²) < 4.78 is 38.3. The molecule has 0 radical (unpaired) electrons. The average Bonchev–Trinajstić information content (AvgIpc) is 2.32. The van der Waals surface area contributed by atoms with Crippen LogP contribution >= 0.6 is 11.6 Å². The largest absolute Gasteiger partial charge is 0.399 e. The van der Waals surface area contributed by atoms with Crippen LogP contribution in [0.2, 0.25) is 5.02 Å². The third-order valence-electron chi connectivity index (χ3n) is 2.50. The van der Waals surface area contributed by atoms with Gasteiger partial charge in [0.25, 0.3) is 0 Å². The van der Waals surface area contributed by atoms with Crippen molar-refractivity contribution in [2.45, 2.75) is 10.6 Å². The number of nitrogen functional groups attached to an aromatic ring is 1. The minimum atomic E-state index is -1.52. The molecule has 2 rings (SSSR count). The van der Waals surface area contributed by atoms with Crippen LogP contribution in [-0.2, 0) is 16.6 Å². The topological polar surface area (TPSA) is 43.1 Å². The lowest BCUT2D eigenvalue weighted by Gasteiger charge is -2.06. The summed E-state index contributed by atoms with van der Waals surface area (Å²) in [6.45, 7) is 0. The second-order valence-electron chi connectivity index (χ2n) is 3.92. The molecule has 0 aromatic heterocycles. The summed E-state index contributed by atoms with van der Waals surface area (Å²) in [5.74, 6) is -1.46. The number of rotatable bonds is 3. The van der Waals surface area contributed by atoms with Gasteiger partial charge in [-0.15, -0.1) is 0 Å².